The van der Waals surface area contributed by atoms with Gasteiger partial charge in [-0.3, -0.25) is 13.9 Å². The molecule has 4 atom stereocenters. The van der Waals surface area contributed by atoms with Crippen molar-refractivity contribution in [2.45, 2.75) is 66.6 Å². The first-order chi connectivity index (χ1) is 13.9. The second-order valence-electron chi connectivity index (χ2n) is 6.42. The van der Waals surface area contributed by atoms with Crippen LogP contribution >= 0.6 is 7.60 Å². The maximum absolute atomic E-state index is 12.0. The van der Waals surface area contributed by atoms with Crippen molar-refractivity contribution in [1.82, 2.24) is 0 Å². The number of esters is 3. The SMILES string of the molecule is CCCCOC(=O)C(C)O.CCOC(=O)C(C)COP(C)(=O)OC(C)C(=O)OCC. The van der Waals surface area contributed by atoms with Crippen molar-refractivity contribution in [2.24, 2.45) is 5.92 Å². The summed E-state index contributed by atoms with van der Waals surface area (Å²) in [5, 5.41) is 8.65. The lowest BCUT2D eigenvalue weighted by Crippen LogP contribution is -2.24. The molecule has 4 unspecified atom stereocenters. The molecule has 0 aromatic heterocycles. The Bertz CT molecular complexity index is 549. The summed E-state index contributed by atoms with van der Waals surface area (Å²) in [6, 6.07) is 0. The number of rotatable bonds is 13. The summed E-state index contributed by atoms with van der Waals surface area (Å²) in [6.45, 7) is 11.8. The van der Waals surface area contributed by atoms with Crippen molar-refractivity contribution >= 4 is 25.5 Å². The fourth-order valence-electron chi connectivity index (χ4n) is 1.66. The summed E-state index contributed by atoms with van der Waals surface area (Å²) < 4.78 is 36.3. The van der Waals surface area contributed by atoms with Crippen molar-refractivity contribution in [3.8, 4) is 0 Å². The molecule has 0 aliphatic carbocycles. The van der Waals surface area contributed by atoms with Gasteiger partial charge in [-0.15, -0.1) is 0 Å². The van der Waals surface area contributed by atoms with Crippen LogP contribution in [0.3, 0.4) is 0 Å². The van der Waals surface area contributed by atoms with Gasteiger partial charge in [-0.1, -0.05) is 13.3 Å². The third kappa shape index (κ3) is 16.3. The van der Waals surface area contributed by atoms with E-state index in [1.807, 2.05) is 6.92 Å². The Morgan fingerprint density at radius 3 is 1.90 bits per heavy atom. The number of aliphatic hydroxyl groups excluding tert-OH is 1. The first kappa shape index (κ1) is 30.7. The standard InChI is InChI=1S/C12H23O7P.C7H14O3/c1-6-16-11(13)9(3)8-18-20(5,15)19-10(4)12(14)17-7-2;1-3-4-5-10-7(9)6(2)8/h9-10H,6-8H2,1-5H3;6,8H,3-5H2,1-2H3. The highest BCUT2D eigenvalue weighted by molar-refractivity contribution is 7.53. The summed E-state index contributed by atoms with van der Waals surface area (Å²) in [5.74, 6) is -2.15. The van der Waals surface area contributed by atoms with E-state index in [0.29, 0.717) is 6.61 Å². The Morgan fingerprint density at radius 2 is 1.43 bits per heavy atom. The number of carbonyl (C=O) groups excluding carboxylic acids is 3. The Hall–Kier alpha value is -1.48. The van der Waals surface area contributed by atoms with Crippen LogP contribution in [0.15, 0.2) is 0 Å². The quantitative estimate of drug-likeness (QED) is 0.191. The van der Waals surface area contributed by atoms with Gasteiger partial charge in [0.25, 0.3) is 0 Å². The van der Waals surface area contributed by atoms with E-state index in [0.717, 1.165) is 12.8 Å². The van der Waals surface area contributed by atoms with Gasteiger partial charge in [-0.05, 0) is 41.0 Å². The molecule has 0 heterocycles. The molecule has 0 bridgehead atoms. The van der Waals surface area contributed by atoms with E-state index in [2.05, 4.69) is 4.74 Å². The molecule has 30 heavy (non-hydrogen) atoms. The van der Waals surface area contributed by atoms with E-state index in [1.165, 1.54) is 20.5 Å². The number of unbranched alkanes of at least 4 members (excludes halogenated alkanes) is 1. The molecule has 11 heteroatoms. The van der Waals surface area contributed by atoms with Gasteiger partial charge in [0.2, 0.25) is 0 Å². The molecule has 0 aliphatic rings. The molecule has 0 rings (SSSR count). The topological polar surface area (TPSA) is 135 Å². The highest BCUT2D eigenvalue weighted by Gasteiger charge is 2.27. The smallest absolute Gasteiger partial charge is 0.335 e. The molecule has 178 valence electrons. The lowest BCUT2D eigenvalue weighted by molar-refractivity contribution is -0.152. The third-order valence-electron chi connectivity index (χ3n) is 3.30. The monoisotopic (exact) mass is 456 g/mol. The highest BCUT2D eigenvalue weighted by Crippen LogP contribution is 2.45. The Morgan fingerprint density at radius 1 is 0.900 bits per heavy atom. The minimum atomic E-state index is -3.45. The number of aliphatic hydroxyl groups is 1. The van der Waals surface area contributed by atoms with Crippen molar-refractivity contribution in [1.29, 1.82) is 0 Å². The molecule has 0 spiro atoms. The van der Waals surface area contributed by atoms with E-state index >= 15 is 0 Å². The zero-order chi connectivity index (χ0) is 23.7. The minimum Gasteiger partial charge on any atom is -0.466 e. The van der Waals surface area contributed by atoms with Crippen LogP contribution in [0, 0.1) is 5.92 Å². The molecule has 0 aliphatic heterocycles. The van der Waals surface area contributed by atoms with E-state index in [9.17, 15) is 18.9 Å². The third-order valence-corrected chi connectivity index (χ3v) is 4.62. The molecule has 10 nitrogen and oxygen atoms in total. The summed E-state index contributed by atoms with van der Waals surface area (Å²) >= 11 is 0. The van der Waals surface area contributed by atoms with Gasteiger partial charge in [0.1, 0.15) is 6.10 Å². The predicted molar refractivity (Wildman–Crippen MR) is 110 cm³/mol. The average molecular weight is 456 g/mol. The van der Waals surface area contributed by atoms with Crippen molar-refractivity contribution in [2.75, 3.05) is 33.1 Å². The highest BCUT2D eigenvalue weighted by atomic mass is 31.2. The molecule has 0 aromatic carbocycles. The van der Waals surface area contributed by atoms with Crippen LogP contribution in [0.5, 0.6) is 0 Å². The molecular formula is C19H37O10P. The van der Waals surface area contributed by atoms with Crippen LogP contribution in [-0.2, 0) is 42.2 Å². The zero-order valence-corrected chi connectivity index (χ0v) is 19.9. The molecule has 0 fully saturated rings. The largest absolute Gasteiger partial charge is 0.466 e. The Kier molecular flexibility index (Phi) is 17.6. The number of carbonyl (C=O) groups is 3. The molecule has 0 saturated carbocycles. The lowest BCUT2D eigenvalue weighted by Gasteiger charge is -2.19. The first-order valence-electron chi connectivity index (χ1n) is 10.00. The van der Waals surface area contributed by atoms with Gasteiger partial charge in [-0.25, -0.2) is 9.59 Å². The van der Waals surface area contributed by atoms with Crippen LogP contribution in [0.1, 0.15) is 54.4 Å². The van der Waals surface area contributed by atoms with Gasteiger partial charge >= 0.3 is 25.5 Å². The van der Waals surface area contributed by atoms with Crippen LogP contribution < -0.4 is 0 Å². The number of hydrogen-bond acceptors (Lipinski definition) is 10. The van der Waals surface area contributed by atoms with E-state index in [4.69, 9.17) is 23.6 Å². The van der Waals surface area contributed by atoms with Crippen LogP contribution in [0.2, 0.25) is 0 Å². The summed E-state index contributed by atoms with van der Waals surface area (Å²) in [4.78, 5) is 33.3. The van der Waals surface area contributed by atoms with Crippen molar-refractivity contribution in [3.63, 3.8) is 0 Å². The normalized spacial score (nSPS) is 15.5. The summed E-state index contributed by atoms with van der Waals surface area (Å²) in [7, 11) is -3.45. The zero-order valence-electron chi connectivity index (χ0n) is 19.0. The molecule has 0 amide bonds. The fraction of sp³-hybridized carbons (Fsp3) is 0.842. The predicted octanol–water partition coefficient (Wildman–Crippen LogP) is 2.70. The average Bonchev–Trinajstić information content (AvgIpc) is 2.66. The second kappa shape index (κ2) is 17.2. The van der Waals surface area contributed by atoms with Crippen molar-refractivity contribution < 1.29 is 47.3 Å². The number of hydrogen-bond donors (Lipinski definition) is 1. The maximum atomic E-state index is 12.0. The van der Waals surface area contributed by atoms with Gasteiger partial charge in [0.15, 0.2) is 6.10 Å². The van der Waals surface area contributed by atoms with Gasteiger partial charge < -0.3 is 23.8 Å². The Labute approximate surface area is 179 Å². The summed E-state index contributed by atoms with van der Waals surface area (Å²) in [6.07, 6.45) is -0.133. The van der Waals surface area contributed by atoms with Gasteiger partial charge in [-0.2, -0.15) is 0 Å². The van der Waals surface area contributed by atoms with Gasteiger partial charge in [0.05, 0.1) is 32.3 Å². The molecule has 0 saturated heterocycles. The Balaban J connectivity index is 0. The first-order valence-corrected chi connectivity index (χ1v) is 12.0. The van der Waals surface area contributed by atoms with E-state index < -0.39 is 43.6 Å². The van der Waals surface area contributed by atoms with Crippen LogP contribution in [0.4, 0.5) is 0 Å². The fourth-order valence-corrected chi connectivity index (χ4v) is 2.87. The molecule has 1 N–H and O–H groups in total. The van der Waals surface area contributed by atoms with Gasteiger partial charge in [0, 0.05) is 6.66 Å². The molecule has 0 aromatic rings. The van der Waals surface area contributed by atoms with Crippen molar-refractivity contribution in [3.05, 3.63) is 0 Å². The lowest BCUT2D eigenvalue weighted by atomic mass is 10.2. The second-order valence-corrected chi connectivity index (χ2v) is 8.43. The number of ether oxygens (including phenoxy) is 3. The molecule has 0 radical (unpaired) electrons. The molecular weight excluding hydrogens is 419 g/mol. The maximum Gasteiger partial charge on any atom is 0.335 e. The minimum absolute atomic E-state index is 0.109. The van der Waals surface area contributed by atoms with Crippen LogP contribution in [-0.4, -0.2) is 68.3 Å². The van der Waals surface area contributed by atoms with E-state index in [-0.39, 0.29) is 19.8 Å². The van der Waals surface area contributed by atoms with Crippen LogP contribution in [0.25, 0.3) is 0 Å². The van der Waals surface area contributed by atoms with E-state index in [1.54, 1.807) is 20.8 Å². The summed E-state index contributed by atoms with van der Waals surface area (Å²) in [5.41, 5.74) is 0.